The van der Waals surface area contributed by atoms with Gasteiger partial charge in [0.05, 0.1) is 0 Å². The third-order valence-corrected chi connectivity index (χ3v) is 2.66. The number of rotatable bonds is 2. The van der Waals surface area contributed by atoms with Crippen molar-refractivity contribution in [3.8, 4) is 5.75 Å². The highest BCUT2D eigenvalue weighted by Gasteiger charge is 2.18. The standard InChI is InChI=1S/C11H14ClNO/c1-2-13-10-5-8-3-4-9(12)6-11(8)14-7-10/h3-4,6,10,13H,2,5,7H2,1H3. The minimum absolute atomic E-state index is 0.439. The Balaban J connectivity index is 2.15. The molecule has 0 bridgehead atoms. The maximum absolute atomic E-state index is 5.88. The molecule has 1 atom stereocenters. The molecule has 0 aliphatic carbocycles. The maximum atomic E-state index is 5.88. The molecule has 0 saturated heterocycles. The second-order valence-electron chi connectivity index (χ2n) is 3.52. The smallest absolute Gasteiger partial charge is 0.124 e. The van der Waals surface area contributed by atoms with Gasteiger partial charge in [0.1, 0.15) is 12.4 Å². The third kappa shape index (κ3) is 2.02. The Labute approximate surface area is 89.2 Å². The van der Waals surface area contributed by atoms with Crippen LogP contribution in [0.15, 0.2) is 18.2 Å². The molecule has 1 aliphatic heterocycles. The Morgan fingerprint density at radius 1 is 1.57 bits per heavy atom. The predicted octanol–water partition coefficient (Wildman–Crippen LogP) is 2.25. The number of fused-ring (bicyclic) bond motifs is 1. The minimum atomic E-state index is 0.439. The van der Waals surface area contributed by atoms with E-state index in [2.05, 4.69) is 12.2 Å². The van der Waals surface area contributed by atoms with Gasteiger partial charge in [-0.05, 0) is 30.7 Å². The molecule has 1 heterocycles. The molecule has 0 spiro atoms. The van der Waals surface area contributed by atoms with Gasteiger partial charge in [-0.15, -0.1) is 0 Å². The molecule has 0 amide bonds. The van der Waals surface area contributed by atoms with Crippen molar-refractivity contribution < 1.29 is 4.74 Å². The number of halogens is 1. The fourth-order valence-electron chi connectivity index (χ4n) is 1.77. The number of ether oxygens (including phenoxy) is 1. The number of hydrogen-bond donors (Lipinski definition) is 1. The van der Waals surface area contributed by atoms with E-state index in [1.807, 2.05) is 18.2 Å². The van der Waals surface area contributed by atoms with Crippen molar-refractivity contribution in [2.75, 3.05) is 13.2 Å². The first-order valence-corrected chi connectivity index (χ1v) is 5.32. The first kappa shape index (κ1) is 9.81. The lowest BCUT2D eigenvalue weighted by molar-refractivity contribution is 0.241. The zero-order valence-corrected chi connectivity index (χ0v) is 8.97. The van der Waals surface area contributed by atoms with Crippen LogP contribution in [-0.2, 0) is 6.42 Å². The Kier molecular flexibility index (Phi) is 2.94. The summed E-state index contributed by atoms with van der Waals surface area (Å²) in [4.78, 5) is 0. The first-order chi connectivity index (χ1) is 6.79. The molecule has 1 aliphatic rings. The second kappa shape index (κ2) is 4.20. The molecule has 2 nitrogen and oxygen atoms in total. The van der Waals surface area contributed by atoms with E-state index in [4.69, 9.17) is 16.3 Å². The van der Waals surface area contributed by atoms with Gasteiger partial charge in [0, 0.05) is 11.1 Å². The van der Waals surface area contributed by atoms with Gasteiger partial charge in [0.15, 0.2) is 0 Å². The van der Waals surface area contributed by atoms with E-state index < -0.39 is 0 Å². The highest BCUT2D eigenvalue weighted by atomic mass is 35.5. The summed E-state index contributed by atoms with van der Waals surface area (Å²) in [6.07, 6.45) is 1.03. The van der Waals surface area contributed by atoms with E-state index in [0.717, 1.165) is 30.3 Å². The summed E-state index contributed by atoms with van der Waals surface area (Å²) < 4.78 is 5.62. The van der Waals surface area contributed by atoms with Gasteiger partial charge < -0.3 is 10.1 Å². The zero-order valence-electron chi connectivity index (χ0n) is 8.22. The molecule has 76 valence electrons. The van der Waals surface area contributed by atoms with E-state index in [1.54, 1.807) is 0 Å². The van der Waals surface area contributed by atoms with Gasteiger partial charge in [-0.1, -0.05) is 24.6 Å². The molecule has 0 fully saturated rings. The molecular formula is C11H14ClNO. The van der Waals surface area contributed by atoms with Gasteiger partial charge in [-0.2, -0.15) is 0 Å². The van der Waals surface area contributed by atoms with Crippen LogP contribution in [0.3, 0.4) is 0 Å². The Bertz CT molecular complexity index is 327. The Morgan fingerprint density at radius 2 is 2.43 bits per heavy atom. The summed E-state index contributed by atoms with van der Waals surface area (Å²) in [5.74, 6) is 0.937. The van der Waals surface area contributed by atoms with Gasteiger partial charge in [-0.25, -0.2) is 0 Å². The zero-order chi connectivity index (χ0) is 9.97. The molecule has 2 rings (SSSR count). The first-order valence-electron chi connectivity index (χ1n) is 4.94. The minimum Gasteiger partial charge on any atom is -0.492 e. The van der Waals surface area contributed by atoms with Crippen molar-refractivity contribution in [1.29, 1.82) is 0 Å². The predicted molar refractivity (Wildman–Crippen MR) is 58.1 cm³/mol. The number of hydrogen-bond acceptors (Lipinski definition) is 2. The average molecular weight is 212 g/mol. The quantitative estimate of drug-likeness (QED) is 0.811. The van der Waals surface area contributed by atoms with E-state index in [9.17, 15) is 0 Å². The van der Waals surface area contributed by atoms with Crippen LogP contribution in [0, 0.1) is 0 Å². The van der Waals surface area contributed by atoms with E-state index in [0.29, 0.717) is 6.04 Å². The van der Waals surface area contributed by atoms with Gasteiger partial charge in [-0.3, -0.25) is 0 Å². The second-order valence-corrected chi connectivity index (χ2v) is 3.96. The molecule has 1 unspecified atom stereocenters. The summed E-state index contributed by atoms with van der Waals surface area (Å²) in [6, 6.07) is 6.28. The molecular weight excluding hydrogens is 198 g/mol. The van der Waals surface area contributed by atoms with Crippen LogP contribution in [0.4, 0.5) is 0 Å². The third-order valence-electron chi connectivity index (χ3n) is 2.43. The fourth-order valence-corrected chi connectivity index (χ4v) is 1.93. The average Bonchev–Trinajstić information content (AvgIpc) is 2.19. The van der Waals surface area contributed by atoms with Crippen LogP contribution >= 0.6 is 11.6 Å². The van der Waals surface area contributed by atoms with Crippen LogP contribution in [0.5, 0.6) is 5.75 Å². The SMILES string of the molecule is CCNC1COc2cc(Cl)ccc2C1. The largest absolute Gasteiger partial charge is 0.492 e. The molecule has 0 radical (unpaired) electrons. The van der Waals surface area contributed by atoms with E-state index in [-0.39, 0.29) is 0 Å². The van der Waals surface area contributed by atoms with Gasteiger partial charge in [0.2, 0.25) is 0 Å². The van der Waals surface area contributed by atoms with Crippen LogP contribution in [-0.4, -0.2) is 19.2 Å². The summed E-state index contributed by atoms with van der Waals surface area (Å²) in [5, 5.41) is 4.12. The van der Waals surface area contributed by atoms with Crippen LogP contribution in [0.1, 0.15) is 12.5 Å². The van der Waals surface area contributed by atoms with Gasteiger partial charge >= 0.3 is 0 Å². The summed E-state index contributed by atoms with van der Waals surface area (Å²) in [5.41, 5.74) is 1.24. The maximum Gasteiger partial charge on any atom is 0.124 e. The van der Waals surface area contributed by atoms with Gasteiger partial charge in [0.25, 0.3) is 0 Å². The topological polar surface area (TPSA) is 21.3 Å². The molecule has 1 N–H and O–H groups in total. The molecule has 0 aromatic heterocycles. The highest BCUT2D eigenvalue weighted by molar-refractivity contribution is 6.30. The molecule has 1 aromatic rings. The lowest BCUT2D eigenvalue weighted by Crippen LogP contribution is -2.39. The van der Waals surface area contributed by atoms with Crippen molar-refractivity contribution in [2.24, 2.45) is 0 Å². The Morgan fingerprint density at radius 3 is 3.21 bits per heavy atom. The Hall–Kier alpha value is -0.730. The monoisotopic (exact) mass is 211 g/mol. The van der Waals surface area contributed by atoms with Crippen LogP contribution in [0.25, 0.3) is 0 Å². The molecule has 0 saturated carbocycles. The van der Waals surface area contributed by atoms with Crippen molar-refractivity contribution >= 4 is 11.6 Å². The number of benzene rings is 1. The number of nitrogens with one attached hydrogen (secondary N) is 1. The summed E-state index contributed by atoms with van der Waals surface area (Å²) >= 11 is 5.88. The molecule has 3 heteroatoms. The highest BCUT2D eigenvalue weighted by Crippen LogP contribution is 2.27. The van der Waals surface area contributed by atoms with Crippen molar-refractivity contribution in [3.05, 3.63) is 28.8 Å². The van der Waals surface area contributed by atoms with Crippen molar-refractivity contribution in [3.63, 3.8) is 0 Å². The lowest BCUT2D eigenvalue weighted by Gasteiger charge is -2.25. The fraction of sp³-hybridized carbons (Fsp3) is 0.455. The van der Waals surface area contributed by atoms with E-state index in [1.165, 1.54) is 5.56 Å². The van der Waals surface area contributed by atoms with Crippen LogP contribution in [0.2, 0.25) is 5.02 Å². The molecule has 1 aromatic carbocycles. The number of likely N-dealkylation sites (N-methyl/N-ethyl adjacent to an activating group) is 1. The van der Waals surface area contributed by atoms with Crippen molar-refractivity contribution in [2.45, 2.75) is 19.4 Å². The normalized spacial score (nSPS) is 20.0. The molecule has 14 heavy (non-hydrogen) atoms. The lowest BCUT2D eigenvalue weighted by atomic mass is 10.0. The van der Waals surface area contributed by atoms with E-state index >= 15 is 0 Å². The summed E-state index contributed by atoms with van der Waals surface area (Å²) in [6.45, 7) is 3.83. The van der Waals surface area contributed by atoms with Crippen LogP contribution < -0.4 is 10.1 Å². The van der Waals surface area contributed by atoms with Crippen molar-refractivity contribution in [1.82, 2.24) is 5.32 Å². The summed E-state index contributed by atoms with van der Waals surface area (Å²) in [7, 11) is 0.